The van der Waals surface area contributed by atoms with Gasteiger partial charge in [0.25, 0.3) is 0 Å². The molecule has 0 rings (SSSR count). The highest BCUT2D eigenvalue weighted by Gasteiger charge is 2.19. The van der Waals surface area contributed by atoms with E-state index < -0.39 is 6.10 Å². The van der Waals surface area contributed by atoms with Crippen molar-refractivity contribution >= 4 is 17.9 Å². The van der Waals surface area contributed by atoms with E-state index in [2.05, 4.69) is 142 Å². The minimum atomic E-state index is -0.810. The van der Waals surface area contributed by atoms with E-state index in [1.54, 1.807) is 0 Å². The van der Waals surface area contributed by atoms with Crippen LogP contribution in [0.15, 0.2) is 122 Å². The predicted molar refractivity (Wildman–Crippen MR) is 330 cm³/mol. The first kappa shape index (κ1) is 71.8. The van der Waals surface area contributed by atoms with Gasteiger partial charge in [-0.1, -0.05) is 251 Å². The van der Waals surface area contributed by atoms with Gasteiger partial charge in [-0.3, -0.25) is 14.4 Å². The molecular weight excluding hydrogens is 937 g/mol. The van der Waals surface area contributed by atoms with Gasteiger partial charge in [0.2, 0.25) is 0 Å². The fraction of sp³-hybridized carbons (Fsp3) is 0.671. The normalized spacial score (nSPS) is 12.9. The van der Waals surface area contributed by atoms with Crippen LogP contribution in [0.5, 0.6) is 0 Å². The van der Waals surface area contributed by atoms with Gasteiger partial charge in [0.15, 0.2) is 6.10 Å². The molecule has 6 nitrogen and oxygen atoms in total. The number of ether oxygens (including phenoxy) is 3. The van der Waals surface area contributed by atoms with Crippen LogP contribution in [-0.2, 0) is 28.6 Å². The fourth-order valence-electron chi connectivity index (χ4n) is 8.45. The third kappa shape index (κ3) is 60.7. The number of rotatable bonds is 56. The molecule has 0 aromatic rings. The topological polar surface area (TPSA) is 78.9 Å². The van der Waals surface area contributed by atoms with Crippen LogP contribution >= 0.6 is 0 Å². The maximum atomic E-state index is 12.9. The van der Waals surface area contributed by atoms with Gasteiger partial charge < -0.3 is 14.2 Å². The van der Waals surface area contributed by atoms with Gasteiger partial charge >= 0.3 is 17.9 Å². The van der Waals surface area contributed by atoms with Crippen molar-refractivity contribution in [1.82, 2.24) is 0 Å². The van der Waals surface area contributed by atoms with E-state index >= 15 is 0 Å². The summed E-state index contributed by atoms with van der Waals surface area (Å²) >= 11 is 0. The summed E-state index contributed by atoms with van der Waals surface area (Å²) in [6.07, 6.45) is 87.6. The minimum Gasteiger partial charge on any atom is -0.462 e. The summed E-state index contributed by atoms with van der Waals surface area (Å²) in [4.78, 5) is 38.3. The molecule has 0 saturated carbocycles. The molecule has 0 aromatic heterocycles. The molecule has 0 radical (unpaired) electrons. The molecule has 0 saturated heterocycles. The molecule has 0 spiro atoms. The number of carbonyl (C=O) groups excluding carboxylic acids is 3. The third-order valence-electron chi connectivity index (χ3n) is 13.2. The monoisotopic (exact) mass is 1050 g/mol. The van der Waals surface area contributed by atoms with Crippen molar-refractivity contribution < 1.29 is 28.6 Å². The lowest BCUT2D eigenvalue weighted by atomic mass is 10.1. The molecular formula is C70H116O6. The lowest BCUT2D eigenvalue weighted by Gasteiger charge is -2.18. The fourth-order valence-corrected chi connectivity index (χ4v) is 8.45. The van der Waals surface area contributed by atoms with Crippen LogP contribution in [-0.4, -0.2) is 37.2 Å². The van der Waals surface area contributed by atoms with E-state index in [1.807, 2.05) is 0 Å². The summed E-state index contributed by atoms with van der Waals surface area (Å²) in [7, 11) is 0. The lowest BCUT2D eigenvalue weighted by molar-refractivity contribution is -0.167. The van der Waals surface area contributed by atoms with Crippen molar-refractivity contribution in [1.29, 1.82) is 0 Å². The van der Waals surface area contributed by atoms with E-state index in [9.17, 15) is 14.4 Å². The zero-order valence-corrected chi connectivity index (χ0v) is 49.5. The van der Waals surface area contributed by atoms with Crippen LogP contribution < -0.4 is 0 Å². The van der Waals surface area contributed by atoms with Gasteiger partial charge in [-0.2, -0.15) is 0 Å². The Morgan fingerprint density at radius 3 is 0.829 bits per heavy atom. The molecule has 432 valence electrons. The van der Waals surface area contributed by atoms with Crippen LogP contribution in [0.25, 0.3) is 0 Å². The van der Waals surface area contributed by atoms with Crippen molar-refractivity contribution in [2.24, 2.45) is 0 Å². The van der Waals surface area contributed by atoms with E-state index in [0.717, 1.165) is 141 Å². The highest BCUT2D eigenvalue weighted by Crippen LogP contribution is 2.14. The second kappa shape index (κ2) is 63.3. The van der Waals surface area contributed by atoms with Crippen molar-refractivity contribution in [3.63, 3.8) is 0 Å². The quantitative estimate of drug-likeness (QED) is 0.0261. The van der Waals surface area contributed by atoms with Crippen molar-refractivity contribution in [3.05, 3.63) is 122 Å². The second-order valence-corrected chi connectivity index (χ2v) is 20.6. The molecule has 0 fully saturated rings. The van der Waals surface area contributed by atoms with Gasteiger partial charge in [-0.05, 0) is 135 Å². The Kier molecular flexibility index (Phi) is 59.9. The molecule has 0 N–H and O–H groups in total. The Morgan fingerprint density at radius 2 is 0.513 bits per heavy atom. The summed E-state index contributed by atoms with van der Waals surface area (Å²) in [5.74, 6) is -0.953. The summed E-state index contributed by atoms with van der Waals surface area (Å²) in [5.41, 5.74) is 0. The molecule has 0 aromatic carbocycles. The molecule has 0 aliphatic carbocycles. The number of allylic oxidation sites excluding steroid dienone is 20. The van der Waals surface area contributed by atoms with Crippen molar-refractivity contribution in [2.45, 2.75) is 290 Å². The zero-order chi connectivity index (χ0) is 55.0. The Balaban J connectivity index is 4.47. The number of hydrogen-bond acceptors (Lipinski definition) is 6. The van der Waals surface area contributed by atoms with E-state index in [1.165, 1.54) is 103 Å². The SMILES string of the molecule is CC/C=C\C/C=C\C/C=C\C/C=C\C/C=C\CCCCCC(=O)OC(COC(=O)CCCCCCC/C=C\C/C=C\CCCCCC)COC(=O)CCCCCCCCCC/C=C\C/C=C\C/C=C\CCCCCCC. The Bertz CT molecular complexity index is 1590. The summed E-state index contributed by atoms with van der Waals surface area (Å²) in [6, 6.07) is 0. The molecule has 0 aliphatic rings. The molecule has 1 unspecified atom stereocenters. The standard InChI is InChI=1S/C70H116O6/c1-4-7-10-13-16-19-22-25-28-31-33-34-35-36-38-39-42-45-48-51-54-57-60-63-69(72)75-66-67(65-74-68(71)62-59-56-53-50-47-44-41-30-27-24-21-18-15-12-9-6-3)76-70(73)64-61-58-55-52-49-46-43-40-37-32-29-26-23-20-17-14-11-8-5-2/h8,11,17,20-22,24-26,29-31,33,35-37,40-41,46,49,67H,4-7,9-10,12-16,18-19,23,27-28,32,34,38-39,42-45,47-48,50-66H2,1-3H3/b11-8-,20-17-,24-21-,25-22-,29-26-,33-31-,36-35-,40-37-,41-30-,49-46-. The smallest absolute Gasteiger partial charge is 0.306 e. The number of esters is 3. The Morgan fingerprint density at radius 1 is 0.276 bits per heavy atom. The first-order chi connectivity index (χ1) is 37.5. The Labute approximate surface area is 469 Å². The van der Waals surface area contributed by atoms with Crippen LogP contribution in [0.4, 0.5) is 0 Å². The molecule has 0 amide bonds. The molecule has 0 aliphatic heterocycles. The predicted octanol–water partition coefficient (Wildman–Crippen LogP) is 21.6. The molecule has 6 heteroatoms. The van der Waals surface area contributed by atoms with Crippen LogP contribution in [0.1, 0.15) is 284 Å². The van der Waals surface area contributed by atoms with Gasteiger partial charge in [-0.15, -0.1) is 0 Å². The highest BCUT2D eigenvalue weighted by atomic mass is 16.6. The third-order valence-corrected chi connectivity index (χ3v) is 13.2. The van der Waals surface area contributed by atoms with Gasteiger partial charge in [0.05, 0.1) is 0 Å². The van der Waals surface area contributed by atoms with Crippen molar-refractivity contribution in [2.75, 3.05) is 13.2 Å². The van der Waals surface area contributed by atoms with Gasteiger partial charge in [-0.25, -0.2) is 0 Å². The van der Waals surface area contributed by atoms with Gasteiger partial charge in [0, 0.05) is 19.3 Å². The van der Waals surface area contributed by atoms with Gasteiger partial charge in [0.1, 0.15) is 13.2 Å². The number of hydrogen-bond donors (Lipinski definition) is 0. The maximum Gasteiger partial charge on any atom is 0.306 e. The number of unbranched alkanes of at least 4 members (excludes halogenated alkanes) is 25. The Hall–Kier alpha value is -4.19. The summed E-state index contributed by atoms with van der Waals surface area (Å²) in [5, 5.41) is 0. The highest BCUT2D eigenvalue weighted by molar-refractivity contribution is 5.71. The zero-order valence-electron chi connectivity index (χ0n) is 49.5. The van der Waals surface area contributed by atoms with E-state index in [-0.39, 0.29) is 37.5 Å². The van der Waals surface area contributed by atoms with Crippen LogP contribution in [0, 0.1) is 0 Å². The van der Waals surface area contributed by atoms with Crippen LogP contribution in [0.2, 0.25) is 0 Å². The van der Waals surface area contributed by atoms with Crippen molar-refractivity contribution in [3.8, 4) is 0 Å². The summed E-state index contributed by atoms with van der Waals surface area (Å²) < 4.78 is 16.9. The minimum absolute atomic E-state index is 0.103. The first-order valence-electron chi connectivity index (χ1n) is 31.5. The molecule has 0 bridgehead atoms. The van der Waals surface area contributed by atoms with E-state index in [4.69, 9.17) is 14.2 Å². The molecule has 1 atom stereocenters. The lowest BCUT2D eigenvalue weighted by Crippen LogP contribution is -2.30. The number of carbonyl (C=O) groups is 3. The first-order valence-corrected chi connectivity index (χ1v) is 31.5. The molecule has 0 heterocycles. The second-order valence-electron chi connectivity index (χ2n) is 20.6. The molecule has 76 heavy (non-hydrogen) atoms. The largest absolute Gasteiger partial charge is 0.462 e. The van der Waals surface area contributed by atoms with Crippen LogP contribution in [0.3, 0.4) is 0 Å². The maximum absolute atomic E-state index is 12.9. The average Bonchev–Trinajstić information content (AvgIpc) is 3.42. The average molecular weight is 1050 g/mol. The summed E-state index contributed by atoms with van der Waals surface area (Å²) in [6.45, 7) is 6.46. The van der Waals surface area contributed by atoms with E-state index in [0.29, 0.717) is 12.8 Å².